The van der Waals surface area contributed by atoms with E-state index in [-0.39, 0.29) is 0 Å². The van der Waals surface area contributed by atoms with E-state index in [1.54, 1.807) is 0 Å². The van der Waals surface area contributed by atoms with E-state index < -0.39 is 0 Å². The van der Waals surface area contributed by atoms with Crippen LogP contribution in [0.1, 0.15) is 57.8 Å². The van der Waals surface area contributed by atoms with Crippen molar-refractivity contribution in [2.24, 2.45) is 11.8 Å². The van der Waals surface area contributed by atoms with Gasteiger partial charge in [-0.05, 0) is 44.7 Å². The first-order valence-corrected chi connectivity index (χ1v) is 7.09. The second-order valence-electron chi connectivity index (χ2n) is 5.55. The highest BCUT2D eigenvalue weighted by Crippen LogP contribution is 2.26. The molecule has 2 heteroatoms. The minimum atomic E-state index is 0.414. The van der Waals surface area contributed by atoms with E-state index in [0.717, 1.165) is 31.8 Å². The van der Waals surface area contributed by atoms with Crippen molar-refractivity contribution in [2.45, 2.75) is 57.8 Å². The van der Waals surface area contributed by atoms with Crippen LogP contribution in [0.25, 0.3) is 0 Å². The lowest BCUT2D eigenvalue weighted by Crippen LogP contribution is -2.16. The van der Waals surface area contributed by atoms with Crippen LogP contribution in [0.2, 0.25) is 0 Å². The van der Waals surface area contributed by atoms with Crippen LogP contribution in [0.15, 0.2) is 0 Å². The molecule has 1 atom stereocenters. The zero-order valence-corrected chi connectivity index (χ0v) is 10.3. The first kappa shape index (κ1) is 12.1. The van der Waals surface area contributed by atoms with E-state index >= 15 is 0 Å². The van der Waals surface area contributed by atoms with Gasteiger partial charge in [0.05, 0.1) is 0 Å². The molecular weight excluding hydrogens is 198 g/mol. The van der Waals surface area contributed by atoms with Crippen LogP contribution in [0.5, 0.6) is 0 Å². The molecule has 1 aliphatic carbocycles. The third-order valence-electron chi connectivity index (χ3n) is 4.27. The molecule has 16 heavy (non-hydrogen) atoms. The lowest BCUT2D eigenvalue weighted by atomic mass is 9.90. The van der Waals surface area contributed by atoms with Gasteiger partial charge in [0, 0.05) is 12.3 Å². The molecule has 2 fully saturated rings. The molecule has 2 rings (SSSR count). The highest BCUT2D eigenvalue weighted by molar-refractivity contribution is 5.80. The number of carbonyl (C=O) groups excluding carboxylic acids is 1. The van der Waals surface area contributed by atoms with Gasteiger partial charge in [0.1, 0.15) is 5.78 Å². The van der Waals surface area contributed by atoms with Crippen LogP contribution in [-0.4, -0.2) is 18.9 Å². The Bertz CT molecular complexity index is 213. The number of Topliss-reactive ketones (excluding diaryl/α,β-unsaturated/α-hetero) is 1. The Morgan fingerprint density at radius 2 is 1.81 bits per heavy atom. The van der Waals surface area contributed by atoms with Gasteiger partial charge in [-0.2, -0.15) is 0 Å². The molecule has 92 valence electrons. The van der Waals surface area contributed by atoms with Crippen molar-refractivity contribution in [3.63, 3.8) is 0 Å². The molecule has 1 saturated heterocycles. The smallest absolute Gasteiger partial charge is 0.135 e. The zero-order valence-electron chi connectivity index (χ0n) is 10.3. The van der Waals surface area contributed by atoms with Crippen molar-refractivity contribution >= 4 is 5.78 Å². The molecule has 1 N–H and O–H groups in total. The minimum Gasteiger partial charge on any atom is -0.316 e. The van der Waals surface area contributed by atoms with Crippen molar-refractivity contribution in [3.05, 3.63) is 0 Å². The molecule has 1 saturated carbocycles. The van der Waals surface area contributed by atoms with Crippen molar-refractivity contribution in [3.8, 4) is 0 Å². The fourth-order valence-electron chi connectivity index (χ4n) is 3.11. The standard InChI is InChI=1S/C14H25NO/c16-14(8-7-12-9-10-15-11-12)13-5-3-1-2-4-6-13/h12-13,15H,1-11H2. The summed E-state index contributed by atoms with van der Waals surface area (Å²) in [7, 11) is 0. The van der Waals surface area contributed by atoms with Crippen molar-refractivity contribution in [1.82, 2.24) is 5.32 Å². The first-order valence-electron chi connectivity index (χ1n) is 7.09. The summed E-state index contributed by atoms with van der Waals surface area (Å²) >= 11 is 0. The SMILES string of the molecule is O=C(CCC1CCNC1)C1CCCCCC1. The largest absolute Gasteiger partial charge is 0.316 e. The predicted octanol–water partition coefficient (Wildman–Crippen LogP) is 2.92. The second-order valence-corrected chi connectivity index (χ2v) is 5.55. The summed E-state index contributed by atoms with van der Waals surface area (Å²) in [5.74, 6) is 1.75. The quantitative estimate of drug-likeness (QED) is 0.742. The Morgan fingerprint density at radius 1 is 1.06 bits per heavy atom. The Labute approximate surface area is 99.2 Å². The molecule has 0 aromatic carbocycles. The van der Waals surface area contributed by atoms with E-state index in [1.165, 1.54) is 44.9 Å². The molecule has 0 amide bonds. The second kappa shape index (κ2) is 6.39. The fourth-order valence-corrected chi connectivity index (χ4v) is 3.11. The summed E-state index contributed by atoms with van der Waals surface area (Å²) < 4.78 is 0. The van der Waals surface area contributed by atoms with E-state index in [1.807, 2.05) is 0 Å². The third-order valence-corrected chi connectivity index (χ3v) is 4.27. The Hall–Kier alpha value is -0.370. The van der Waals surface area contributed by atoms with Gasteiger partial charge in [-0.25, -0.2) is 0 Å². The van der Waals surface area contributed by atoms with Crippen LogP contribution >= 0.6 is 0 Å². The Morgan fingerprint density at radius 3 is 2.44 bits per heavy atom. The van der Waals surface area contributed by atoms with Gasteiger partial charge < -0.3 is 5.32 Å². The van der Waals surface area contributed by atoms with E-state index in [0.29, 0.717) is 11.7 Å². The number of nitrogens with one attached hydrogen (secondary N) is 1. The molecule has 0 aromatic rings. The first-order chi connectivity index (χ1) is 7.86. The van der Waals surface area contributed by atoms with Crippen LogP contribution in [0, 0.1) is 11.8 Å². The number of rotatable bonds is 4. The molecule has 2 nitrogen and oxygen atoms in total. The third kappa shape index (κ3) is 3.58. The summed E-state index contributed by atoms with van der Waals surface area (Å²) in [5, 5.41) is 3.37. The van der Waals surface area contributed by atoms with E-state index in [4.69, 9.17) is 0 Å². The molecule has 0 aromatic heterocycles. The van der Waals surface area contributed by atoms with Gasteiger partial charge in [0.15, 0.2) is 0 Å². The number of ketones is 1. The van der Waals surface area contributed by atoms with Gasteiger partial charge in [-0.1, -0.05) is 25.7 Å². The zero-order chi connectivity index (χ0) is 11.2. The molecular formula is C14H25NO. The van der Waals surface area contributed by atoms with Gasteiger partial charge in [-0.15, -0.1) is 0 Å². The average Bonchev–Trinajstić information content (AvgIpc) is 2.66. The van der Waals surface area contributed by atoms with Gasteiger partial charge in [0.25, 0.3) is 0 Å². The molecule has 0 bridgehead atoms. The normalized spacial score (nSPS) is 27.9. The maximum Gasteiger partial charge on any atom is 0.135 e. The van der Waals surface area contributed by atoms with Crippen LogP contribution < -0.4 is 5.32 Å². The minimum absolute atomic E-state index is 0.414. The van der Waals surface area contributed by atoms with E-state index in [9.17, 15) is 4.79 Å². The maximum absolute atomic E-state index is 12.1. The summed E-state index contributed by atoms with van der Waals surface area (Å²) in [6.45, 7) is 2.29. The highest BCUT2D eigenvalue weighted by atomic mass is 16.1. The lowest BCUT2D eigenvalue weighted by molar-refractivity contribution is -0.123. The Kier molecular flexibility index (Phi) is 4.83. The topological polar surface area (TPSA) is 29.1 Å². The van der Waals surface area contributed by atoms with Gasteiger partial charge >= 0.3 is 0 Å². The summed E-state index contributed by atoms with van der Waals surface area (Å²) in [6, 6.07) is 0. The van der Waals surface area contributed by atoms with Gasteiger partial charge in [0.2, 0.25) is 0 Å². The highest BCUT2D eigenvalue weighted by Gasteiger charge is 2.22. The molecule has 1 heterocycles. The number of hydrogen-bond donors (Lipinski definition) is 1. The Balaban J connectivity index is 1.69. The van der Waals surface area contributed by atoms with Crippen LogP contribution in [-0.2, 0) is 4.79 Å². The number of hydrogen-bond acceptors (Lipinski definition) is 2. The van der Waals surface area contributed by atoms with Crippen LogP contribution in [0.3, 0.4) is 0 Å². The average molecular weight is 223 g/mol. The summed E-state index contributed by atoms with van der Waals surface area (Å²) in [5.41, 5.74) is 0. The molecule has 1 aliphatic heterocycles. The molecule has 2 aliphatic rings. The lowest BCUT2D eigenvalue weighted by Gasteiger charge is -2.14. The number of carbonyl (C=O) groups is 1. The summed E-state index contributed by atoms with van der Waals surface area (Å²) in [4.78, 5) is 12.1. The van der Waals surface area contributed by atoms with Crippen molar-refractivity contribution < 1.29 is 4.79 Å². The molecule has 0 radical (unpaired) electrons. The van der Waals surface area contributed by atoms with Crippen LogP contribution in [0.4, 0.5) is 0 Å². The molecule has 1 unspecified atom stereocenters. The fraction of sp³-hybridized carbons (Fsp3) is 0.929. The van der Waals surface area contributed by atoms with Crippen molar-refractivity contribution in [1.29, 1.82) is 0 Å². The van der Waals surface area contributed by atoms with Gasteiger partial charge in [-0.3, -0.25) is 4.79 Å². The van der Waals surface area contributed by atoms with E-state index in [2.05, 4.69) is 5.32 Å². The predicted molar refractivity (Wildman–Crippen MR) is 66.4 cm³/mol. The van der Waals surface area contributed by atoms with Crippen molar-refractivity contribution in [2.75, 3.05) is 13.1 Å². The molecule has 0 spiro atoms. The summed E-state index contributed by atoms with van der Waals surface area (Å²) in [6.07, 6.45) is 10.8. The monoisotopic (exact) mass is 223 g/mol. The maximum atomic E-state index is 12.1.